The van der Waals surface area contributed by atoms with Crippen LogP contribution in [0.2, 0.25) is 0 Å². The van der Waals surface area contributed by atoms with Gasteiger partial charge in [-0.3, -0.25) is 28.8 Å². The summed E-state index contributed by atoms with van der Waals surface area (Å²) in [6.07, 6.45) is 5.72. The molecule has 0 unspecified atom stereocenters. The first-order valence-corrected chi connectivity index (χ1v) is 16.6. The van der Waals surface area contributed by atoms with Gasteiger partial charge in [-0.25, -0.2) is 0 Å². The molecule has 2 N–H and O–H groups in total. The van der Waals surface area contributed by atoms with Crippen LogP contribution in [0.15, 0.2) is 0 Å². The summed E-state index contributed by atoms with van der Waals surface area (Å²) in [6, 6.07) is 0. The van der Waals surface area contributed by atoms with Crippen LogP contribution in [0.5, 0.6) is 0 Å². The Morgan fingerprint density at radius 3 is 1.47 bits per heavy atom. The van der Waals surface area contributed by atoms with Gasteiger partial charge in [-0.2, -0.15) is 0 Å². The zero-order valence-electron chi connectivity index (χ0n) is 30.7. The Labute approximate surface area is 302 Å². The number of ether oxygens (including phenoxy) is 5. The second-order valence-electron chi connectivity index (χ2n) is 10.9. The summed E-state index contributed by atoms with van der Waals surface area (Å²) in [5.74, 6) is -1.90. The normalized spacial score (nSPS) is 9.61. The maximum Gasteiger partial charge on any atom is 0.315 e. The SMILES string of the molecule is C.COC(=O)CC(=O)CCC(C)=O.COC(=O)CC(=O)NCCCCCCC(C)=O.COC(=O)CCC(=O)NCCOCCOCCCC(C)=O. The van der Waals surface area contributed by atoms with E-state index in [-0.39, 0.29) is 80.9 Å². The van der Waals surface area contributed by atoms with Crippen molar-refractivity contribution in [3.05, 3.63) is 0 Å². The number of hydrogen-bond acceptors (Lipinski definition) is 14. The molecule has 51 heavy (non-hydrogen) atoms. The van der Waals surface area contributed by atoms with Gasteiger partial charge in [0.1, 0.15) is 36.0 Å². The Morgan fingerprint density at radius 2 is 0.922 bits per heavy atom. The van der Waals surface area contributed by atoms with E-state index in [0.717, 1.165) is 32.1 Å². The molecule has 0 aromatic heterocycles. The van der Waals surface area contributed by atoms with Crippen molar-refractivity contribution in [3.63, 3.8) is 0 Å². The molecule has 0 spiro atoms. The molecule has 0 atom stereocenters. The fourth-order valence-corrected chi connectivity index (χ4v) is 3.40. The second kappa shape index (κ2) is 38.7. The molecule has 2 amide bonds. The largest absolute Gasteiger partial charge is 0.469 e. The summed E-state index contributed by atoms with van der Waals surface area (Å²) in [4.78, 5) is 97.2. The Kier molecular flexibility index (Phi) is 40.8. The third-order valence-electron chi connectivity index (χ3n) is 6.18. The van der Waals surface area contributed by atoms with Crippen LogP contribution < -0.4 is 10.6 Å². The third kappa shape index (κ3) is 48.1. The van der Waals surface area contributed by atoms with Crippen LogP contribution in [0.25, 0.3) is 0 Å². The number of methoxy groups -OCH3 is 3. The van der Waals surface area contributed by atoms with E-state index in [1.807, 2.05) is 0 Å². The summed E-state index contributed by atoms with van der Waals surface area (Å²) >= 11 is 0. The lowest BCUT2D eigenvalue weighted by Crippen LogP contribution is -2.28. The number of carbonyl (C=O) groups is 9. The molecule has 0 fully saturated rings. The molecule has 296 valence electrons. The summed E-state index contributed by atoms with van der Waals surface area (Å²) in [6.45, 7) is 7.36. The minimum atomic E-state index is -0.552. The van der Waals surface area contributed by atoms with Crippen LogP contribution in [0.1, 0.15) is 112 Å². The Hall–Kier alpha value is -4.05. The molecule has 0 aliphatic heterocycles. The van der Waals surface area contributed by atoms with Crippen molar-refractivity contribution in [3.8, 4) is 0 Å². The maximum atomic E-state index is 11.3. The van der Waals surface area contributed by atoms with Crippen molar-refractivity contribution in [2.75, 3.05) is 60.8 Å². The fourth-order valence-electron chi connectivity index (χ4n) is 3.40. The quantitative estimate of drug-likeness (QED) is 0.0536. The second-order valence-corrected chi connectivity index (χ2v) is 10.9. The number of amides is 2. The molecule has 0 aliphatic carbocycles. The number of hydrogen-bond donors (Lipinski definition) is 2. The van der Waals surface area contributed by atoms with Gasteiger partial charge >= 0.3 is 17.9 Å². The van der Waals surface area contributed by atoms with Crippen molar-refractivity contribution in [1.29, 1.82) is 0 Å². The highest BCUT2D eigenvalue weighted by atomic mass is 16.5. The van der Waals surface area contributed by atoms with E-state index in [2.05, 4.69) is 24.8 Å². The lowest BCUT2D eigenvalue weighted by atomic mass is 10.1. The molecule has 0 aliphatic rings. The van der Waals surface area contributed by atoms with Gasteiger partial charge in [0.15, 0.2) is 0 Å². The molecule has 0 rings (SSSR count). The number of carbonyl (C=O) groups excluding carboxylic acids is 9. The number of ketones is 4. The van der Waals surface area contributed by atoms with Crippen LogP contribution in [0.3, 0.4) is 0 Å². The van der Waals surface area contributed by atoms with Crippen LogP contribution in [0, 0.1) is 0 Å². The first-order valence-electron chi connectivity index (χ1n) is 16.6. The average molecular weight is 735 g/mol. The van der Waals surface area contributed by atoms with E-state index in [1.165, 1.54) is 28.3 Å². The van der Waals surface area contributed by atoms with E-state index >= 15 is 0 Å². The molecule has 0 saturated carbocycles. The van der Waals surface area contributed by atoms with Crippen LogP contribution >= 0.6 is 0 Å². The number of rotatable bonds is 27. The van der Waals surface area contributed by atoms with Crippen molar-refractivity contribution in [1.82, 2.24) is 10.6 Å². The lowest BCUT2D eigenvalue weighted by Gasteiger charge is -2.07. The van der Waals surface area contributed by atoms with Gasteiger partial charge in [0, 0.05) is 51.8 Å². The van der Waals surface area contributed by atoms with E-state index < -0.39 is 17.9 Å². The number of nitrogens with one attached hydrogen (secondary N) is 2. The molecule has 0 heterocycles. The smallest absolute Gasteiger partial charge is 0.315 e. The van der Waals surface area contributed by atoms with Gasteiger partial charge in [0.25, 0.3) is 0 Å². The first-order chi connectivity index (χ1) is 23.7. The summed E-state index contributed by atoms with van der Waals surface area (Å²) < 4.78 is 23.6. The highest BCUT2D eigenvalue weighted by Gasteiger charge is 2.10. The third-order valence-corrected chi connectivity index (χ3v) is 6.18. The van der Waals surface area contributed by atoms with Gasteiger partial charge in [-0.1, -0.05) is 20.3 Å². The van der Waals surface area contributed by atoms with Crippen LogP contribution in [0.4, 0.5) is 0 Å². The van der Waals surface area contributed by atoms with E-state index in [9.17, 15) is 43.2 Å². The molecule has 0 radical (unpaired) electrons. The average Bonchev–Trinajstić information content (AvgIpc) is 3.06. The number of Topliss-reactive ketones (excluding diaryl/α,β-unsaturated/α-hetero) is 4. The number of esters is 3. The maximum absolute atomic E-state index is 11.3. The molecule has 16 heteroatoms. The minimum absolute atomic E-state index is 0. The van der Waals surface area contributed by atoms with Gasteiger partial charge in [-0.05, 0) is 40.0 Å². The zero-order valence-corrected chi connectivity index (χ0v) is 30.7. The first kappa shape index (κ1) is 53.7. The molecule has 0 aromatic carbocycles. The Balaban J connectivity index is -0.000000334. The molecule has 16 nitrogen and oxygen atoms in total. The lowest BCUT2D eigenvalue weighted by molar-refractivity contribution is -0.145. The van der Waals surface area contributed by atoms with Crippen molar-refractivity contribution < 1.29 is 66.8 Å². The fraction of sp³-hybridized carbons (Fsp3) is 0.743. The number of unbranched alkanes of at least 4 members (excludes halogenated alkanes) is 3. The van der Waals surface area contributed by atoms with Gasteiger partial charge in [-0.15, -0.1) is 0 Å². The zero-order chi connectivity index (χ0) is 38.6. The molecule has 0 aromatic rings. The molecular weight excluding hydrogens is 672 g/mol. The van der Waals surface area contributed by atoms with E-state index in [4.69, 9.17) is 9.47 Å². The molecular formula is C35H62N2O14. The predicted octanol–water partition coefficient (Wildman–Crippen LogP) is 2.79. The van der Waals surface area contributed by atoms with Gasteiger partial charge < -0.3 is 48.7 Å². The van der Waals surface area contributed by atoms with Crippen LogP contribution in [-0.4, -0.2) is 114 Å². The van der Waals surface area contributed by atoms with Crippen LogP contribution in [-0.2, 0) is 66.8 Å². The van der Waals surface area contributed by atoms with E-state index in [1.54, 1.807) is 13.8 Å². The summed E-state index contributed by atoms with van der Waals surface area (Å²) in [5, 5.41) is 5.28. The molecule has 0 saturated heterocycles. The standard InChI is InChI=1S/C14H25NO6.C12H21NO4.C8H12O4.CH4/c1-12(16)4-3-8-20-10-11-21-9-7-15-13(17)5-6-14(18)19-2;1-10(14)7-5-3-4-6-8-13-11(15)9-12(16)17-2;1-6(9)3-4-7(10)5-8(11)12-2;/h3-11H2,1-2H3,(H,15,17);3-9H2,1-2H3,(H,13,15);3-5H2,1-2H3;1H4. The highest BCUT2D eigenvalue weighted by Crippen LogP contribution is 2.03. The summed E-state index contributed by atoms with van der Waals surface area (Å²) in [7, 11) is 3.77. The van der Waals surface area contributed by atoms with Gasteiger partial charge in [0.2, 0.25) is 11.8 Å². The molecule has 0 bridgehead atoms. The topological polar surface area (TPSA) is 224 Å². The monoisotopic (exact) mass is 734 g/mol. The minimum Gasteiger partial charge on any atom is -0.469 e. The Bertz CT molecular complexity index is 1030. The van der Waals surface area contributed by atoms with Crippen molar-refractivity contribution in [2.45, 2.75) is 112 Å². The Morgan fingerprint density at radius 1 is 0.431 bits per heavy atom. The van der Waals surface area contributed by atoms with Crippen molar-refractivity contribution >= 4 is 52.9 Å². The van der Waals surface area contributed by atoms with Gasteiger partial charge in [0.05, 0.1) is 47.6 Å². The van der Waals surface area contributed by atoms with Crippen molar-refractivity contribution in [2.24, 2.45) is 0 Å². The van der Waals surface area contributed by atoms with E-state index in [0.29, 0.717) is 52.4 Å². The highest BCUT2D eigenvalue weighted by molar-refractivity contribution is 5.97. The summed E-state index contributed by atoms with van der Waals surface area (Å²) in [5.41, 5.74) is 0. The predicted molar refractivity (Wildman–Crippen MR) is 188 cm³/mol.